The van der Waals surface area contributed by atoms with Crippen LogP contribution in [-0.2, 0) is 10.5 Å². The second-order valence-corrected chi connectivity index (χ2v) is 7.85. The minimum Gasteiger partial charge on any atom is -0.497 e. The van der Waals surface area contributed by atoms with Crippen LogP contribution in [0.1, 0.15) is 37.4 Å². The first kappa shape index (κ1) is 21.2. The Morgan fingerprint density at radius 2 is 1.52 bits per heavy atom. The average Bonchev–Trinajstić information content (AvgIpc) is 2.68. The lowest BCUT2D eigenvalue weighted by atomic mass is 9.97. The molecule has 0 unspecified atom stereocenters. The standard InChI is InChI=1S/C22H29NO3S/c1-16(2)13-21(18-7-11-20(26-4)12-8-18)23-22(24)15-27-14-17-5-9-19(25-3)10-6-17/h5-12,16,21H,13-15H2,1-4H3,(H,23,24)/t21-/m0/s1. The van der Waals surface area contributed by atoms with Crippen molar-refractivity contribution >= 4 is 17.7 Å². The van der Waals surface area contributed by atoms with Crippen molar-refractivity contribution in [1.82, 2.24) is 5.32 Å². The van der Waals surface area contributed by atoms with Crippen molar-refractivity contribution in [3.8, 4) is 11.5 Å². The molecular weight excluding hydrogens is 358 g/mol. The van der Waals surface area contributed by atoms with Gasteiger partial charge in [0.1, 0.15) is 11.5 Å². The van der Waals surface area contributed by atoms with Gasteiger partial charge in [0.25, 0.3) is 0 Å². The van der Waals surface area contributed by atoms with Crippen molar-refractivity contribution < 1.29 is 14.3 Å². The predicted octanol–water partition coefficient (Wildman–Crippen LogP) is 4.84. The Balaban J connectivity index is 1.88. The van der Waals surface area contributed by atoms with Gasteiger partial charge in [-0.2, -0.15) is 0 Å². The summed E-state index contributed by atoms with van der Waals surface area (Å²) in [5.74, 6) is 3.46. The van der Waals surface area contributed by atoms with Crippen molar-refractivity contribution in [1.29, 1.82) is 0 Å². The van der Waals surface area contributed by atoms with Crippen molar-refractivity contribution in [3.05, 3.63) is 59.7 Å². The van der Waals surface area contributed by atoms with Crippen molar-refractivity contribution in [2.75, 3.05) is 20.0 Å². The zero-order valence-electron chi connectivity index (χ0n) is 16.5. The van der Waals surface area contributed by atoms with Crippen LogP contribution in [0.25, 0.3) is 0 Å². The fraction of sp³-hybridized carbons (Fsp3) is 0.409. The third-order valence-electron chi connectivity index (χ3n) is 4.22. The summed E-state index contributed by atoms with van der Waals surface area (Å²) in [5, 5.41) is 3.19. The molecule has 0 spiro atoms. The van der Waals surface area contributed by atoms with Crippen LogP contribution >= 0.6 is 11.8 Å². The number of ether oxygens (including phenoxy) is 2. The molecule has 2 aromatic carbocycles. The average molecular weight is 388 g/mol. The van der Waals surface area contributed by atoms with Crippen LogP contribution in [0.3, 0.4) is 0 Å². The highest BCUT2D eigenvalue weighted by molar-refractivity contribution is 7.99. The highest BCUT2D eigenvalue weighted by Gasteiger charge is 2.16. The van der Waals surface area contributed by atoms with Gasteiger partial charge in [0.15, 0.2) is 0 Å². The van der Waals surface area contributed by atoms with Crippen molar-refractivity contribution in [2.24, 2.45) is 5.92 Å². The van der Waals surface area contributed by atoms with E-state index in [9.17, 15) is 4.79 Å². The van der Waals surface area contributed by atoms with Gasteiger partial charge in [0.2, 0.25) is 5.91 Å². The zero-order chi connectivity index (χ0) is 19.6. The molecule has 0 bridgehead atoms. The van der Waals surface area contributed by atoms with Crippen molar-refractivity contribution in [3.63, 3.8) is 0 Å². The largest absolute Gasteiger partial charge is 0.497 e. The SMILES string of the molecule is COc1ccc(CSCC(=O)N[C@@H](CC(C)C)c2ccc(OC)cc2)cc1. The van der Waals surface area contributed by atoms with Crippen LogP contribution < -0.4 is 14.8 Å². The topological polar surface area (TPSA) is 47.6 Å². The molecule has 5 heteroatoms. The number of nitrogens with one attached hydrogen (secondary N) is 1. The van der Waals surface area contributed by atoms with E-state index in [0.29, 0.717) is 11.7 Å². The lowest BCUT2D eigenvalue weighted by Gasteiger charge is -2.21. The lowest BCUT2D eigenvalue weighted by Crippen LogP contribution is -2.30. The van der Waals surface area contributed by atoms with Crippen LogP contribution in [0.4, 0.5) is 0 Å². The maximum absolute atomic E-state index is 12.4. The second kappa shape index (κ2) is 10.9. The third kappa shape index (κ3) is 7.18. The molecule has 0 aliphatic carbocycles. The Morgan fingerprint density at radius 3 is 2.04 bits per heavy atom. The predicted molar refractivity (Wildman–Crippen MR) is 112 cm³/mol. The van der Waals surface area contributed by atoms with E-state index >= 15 is 0 Å². The molecule has 146 valence electrons. The van der Waals surface area contributed by atoms with E-state index in [-0.39, 0.29) is 11.9 Å². The molecule has 0 saturated heterocycles. The van der Waals surface area contributed by atoms with E-state index < -0.39 is 0 Å². The summed E-state index contributed by atoms with van der Waals surface area (Å²) in [6.45, 7) is 4.34. The minimum absolute atomic E-state index is 0.0185. The molecule has 0 aliphatic heterocycles. The summed E-state index contributed by atoms with van der Waals surface area (Å²) in [4.78, 5) is 12.4. The number of methoxy groups -OCH3 is 2. The Hall–Kier alpha value is -2.14. The van der Waals surface area contributed by atoms with Crippen LogP contribution in [0.5, 0.6) is 11.5 Å². The van der Waals surface area contributed by atoms with Crippen LogP contribution in [-0.4, -0.2) is 25.9 Å². The first-order chi connectivity index (χ1) is 13.0. The van der Waals surface area contributed by atoms with E-state index in [1.807, 2.05) is 48.5 Å². The summed E-state index contributed by atoms with van der Waals surface area (Å²) in [6, 6.07) is 15.9. The molecule has 2 aromatic rings. The first-order valence-corrected chi connectivity index (χ1v) is 10.3. The van der Waals surface area contributed by atoms with E-state index in [1.165, 1.54) is 5.56 Å². The molecular formula is C22H29NO3S. The molecule has 0 fully saturated rings. The van der Waals surface area contributed by atoms with Gasteiger partial charge < -0.3 is 14.8 Å². The molecule has 0 aliphatic rings. The number of carbonyl (C=O) groups excluding carboxylic acids is 1. The number of rotatable bonds is 10. The van der Waals surface area contributed by atoms with Gasteiger partial charge in [-0.05, 0) is 47.7 Å². The maximum Gasteiger partial charge on any atom is 0.230 e. The molecule has 1 N–H and O–H groups in total. The zero-order valence-corrected chi connectivity index (χ0v) is 17.3. The number of thioether (sulfide) groups is 1. The Labute approximate surface area is 166 Å². The third-order valence-corrected chi connectivity index (χ3v) is 5.23. The highest BCUT2D eigenvalue weighted by atomic mass is 32.2. The molecule has 27 heavy (non-hydrogen) atoms. The normalized spacial score (nSPS) is 11.9. The minimum atomic E-state index is 0.0185. The van der Waals surface area contributed by atoms with E-state index in [4.69, 9.17) is 9.47 Å². The Kier molecular flexibility index (Phi) is 8.52. The molecule has 0 radical (unpaired) electrons. The van der Waals surface area contributed by atoms with E-state index in [0.717, 1.165) is 29.2 Å². The fourth-order valence-corrected chi connectivity index (χ4v) is 3.60. The molecule has 1 amide bonds. The highest BCUT2D eigenvalue weighted by Crippen LogP contribution is 2.24. The van der Waals surface area contributed by atoms with Crippen molar-refractivity contribution in [2.45, 2.75) is 32.1 Å². The number of amides is 1. The van der Waals surface area contributed by atoms with E-state index in [1.54, 1.807) is 26.0 Å². The first-order valence-electron chi connectivity index (χ1n) is 9.15. The van der Waals surface area contributed by atoms with Crippen LogP contribution in [0, 0.1) is 5.92 Å². The summed E-state index contributed by atoms with van der Waals surface area (Å²) >= 11 is 1.62. The summed E-state index contributed by atoms with van der Waals surface area (Å²) in [6.07, 6.45) is 0.904. The molecule has 0 heterocycles. The van der Waals surface area contributed by atoms with Gasteiger partial charge in [0, 0.05) is 5.75 Å². The van der Waals surface area contributed by atoms with Gasteiger partial charge in [-0.15, -0.1) is 11.8 Å². The van der Waals surface area contributed by atoms with Crippen LogP contribution in [0.15, 0.2) is 48.5 Å². The summed E-state index contributed by atoms with van der Waals surface area (Å²) in [7, 11) is 3.31. The Morgan fingerprint density at radius 1 is 0.963 bits per heavy atom. The monoisotopic (exact) mass is 387 g/mol. The van der Waals surface area contributed by atoms with Gasteiger partial charge in [-0.25, -0.2) is 0 Å². The number of hydrogen-bond acceptors (Lipinski definition) is 4. The van der Waals surface area contributed by atoms with E-state index in [2.05, 4.69) is 19.2 Å². The molecule has 0 saturated carbocycles. The Bertz CT molecular complexity index is 699. The second-order valence-electron chi connectivity index (χ2n) is 6.86. The molecule has 4 nitrogen and oxygen atoms in total. The summed E-state index contributed by atoms with van der Waals surface area (Å²) in [5.41, 5.74) is 2.29. The molecule has 2 rings (SSSR count). The van der Waals surface area contributed by atoms with Gasteiger partial charge in [0.05, 0.1) is 26.0 Å². The molecule has 0 aromatic heterocycles. The number of carbonyl (C=O) groups is 1. The van der Waals surface area contributed by atoms with Gasteiger partial charge >= 0.3 is 0 Å². The number of benzene rings is 2. The van der Waals surface area contributed by atoms with Gasteiger partial charge in [-0.3, -0.25) is 4.79 Å². The van der Waals surface area contributed by atoms with Gasteiger partial charge in [-0.1, -0.05) is 38.1 Å². The maximum atomic E-state index is 12.4. The van der Waals surface area contributed by atoms with Crippen LogP contribution in [0.2, 0.25) is 0 Å². The summed E-state index contributed by atoms with van der Waals surface area (Å²) < 4.78 is 10.4. The fourth-order valence-electron chi connectivity index (χ4n) is 2.81. The quantitative estimate of drug-likeness (QED) is 0.634. The smallest absolute Gasteiger partial charge is 0.230 e. The molecule has 1 atom stereocenters. The number of hydrogen-bond donors (Lipinski definition) is 1. The lowest BCUT2D eigenvalue weighted by molar-refractivity contribution is -0.119.